The van der Waals surface area contributed by atoms with E-state index in [0.29, 0.717) is 34.0 Å². The second kappa shape index (κ2) is 6.36. The number of ketones is 1. The van der Waals surface area contributed by atoms with Gasteiger partial charge in [-0.2, -0.15) is 0 Å². The van der Waals surface area contributed by atoms with Crippen LogP contribution in [-0.4, -0.2) is 30.8 Å². The molecule has 8 heteroatoms. The smallest absolute Gasteiger partial charge is 0.332 e. The van der Waals surface area contributed by atoms with Crippen LogP contribution in [0.3, 0.4) is 0 Å². The SMILES string of the molecule is Cc1cc(C(=O)CSC2=Nc3c(c(=O)n(C)c(=O)n3C)C2)ccc1O. The third kappa shape index (κ3) is 3.05. The fourth-order valence-electron chi connectivity index (χ4n) is 2.65. The monoisotopic (exact) mass is 359 g/mol. The molecule has 25 heavy (non-hydrogen) atoms. The molecule has 0 atom stereocenters. The molecule has 2 heterocycles. The highest BCUT2D eigenvalue weighted by Gasteiger charge is 2.24. The summed E-state index contributed by atoms with van der Waals surface area (Å²) in [6.45, 7) is 1.73. The Balaban J connectivity index is 1.77. The van der Waals surface area contributed by atoms with Crippen molar-refractivity contribution < 1.29 is 9.90 Å². The van der Waals surface area contributed by atoms with E-state index < -0.39 is 5.69 Å². The van der Waals surface area contributed by atoms with Crippen LogP contribution in [0.25, 0.3) is 0 Å². The van der Waals surface area contributed by atoms with Crippen molar-refractivity contribution >= 4 is 28.4 Å². The van der Waals surface area contributed by atoms with Gasteiger partial charge in [0.15, 0.2) is 5.78 Å². The first-order valence-electron chi connectivity index (χ1n) is 7.61. The van der Waals surface area contributed by atoms with Gasteiger partial charge in [0.1, 0.15) is 11.6 Å². The number of benzene rings is 1. The number of aromatic nitrogens is 2. The Morgan fingerprint density at radius 1 is 1.28 bits per heavy atom. The number of carbonyl (C=O) groups excluding carboxylic acids is 1. The number of rotatable bonds is 3. The molecular formula is C17H17N3O4S. The van der Waals surface area contributed by atoms with E-state index in [1.807, 2.05) is 0 Å². The number of hydrogen-bond donors (Lipinski definition) is 1. The molecule has 130 valence electrons. The minimum absolute atomic E-state index is 0.0893. The molecule has 1 aliphatic rings. The number of aryl methyl sites for hydroxylation is 1. The van der Waals surface area contributed by atoms with E-state index >= 15 is 0 Å². The number of Topliss-reactive ketones (excluding diaryl/α,β-unsaturated/α-hetero) is 1. The lowest BCUT2D eigenvalue weighted by molar-refractivity contribution is 0.102. The second-order valence-corrected chi connectivity index (χ2v) is 6.95. The number of nitrogens with zero attached hydrogens (tertiary/aromatic N) is 3. The van der Waals surface area contributed by atoms with Gasteiger partial charge >= 0.3 is 5.69 Å². The van der Waals surface area contributed by atoms with Crippen LogP contribution in [0.15, 0.2) is 32.8 Å². The Labute approximate surface area is 147 Å². The molecular weight excluding hydrogens is 342 g/mol. The topological polar surface area (TPSA) is 93.7 Å². The van der Waals surface area contributed by atoms with Crippen molar-refractivity contribution in [1.29, 1.82) is 0 Å². The van der Waals surface area contributed by atoms with Crippen molar-refractivity contribution in [2.24, 2.45) is 19.1 Å². The zero-order chi connectivity index (χ0) is 18.3. The molecule has 1 aromatic carbocycles. The maximum Gasteiger partial charge on any atom is 0.332 e. The molecule has 0 radical (unpaired) electrons. The van der Waals surface area contributed by atoms with E-state index in [1.54, 1.807) is 26.1 Å². The van der Waals surface area contributed by atoms with Crippen molar-refractivity contribution in [3.8, 4) is 5.75 Å². The molecule has 0 aliphatic carbocycles. The molecule has 0 bridgehead atoms. The molecule has 1 aliphatic heterocycles. The highest BCUT2D eigenvalue weighted by atomic mass is 32.2. The summed E-state index contributed by atoms with van der Waals surface area (Å²) in [5.74, 6) is 0.597. The fraction of sp³-hybridized carbons (Fsp3) is 0.294. The van der Waals surface area contributed by atoms with Crippen molar-refractivity contribution in [2.75, 3.05) is 5.75 Å². The Hall–Kier alpha value is -2.61. The number of thioether (sulfide) groups is 1. The largest absolute Gasteiger partial charge is 0.508 e. The van der Waals surface area contributed by atoms with E-state index in [0.717, 1.165) is 4.57 Å². The van der Waals surface area contributed by atoms with E-state index in [-0.39, 0.29) is 22.8 Å². The third-order valence-corrected chi connectivity index (χ3v) is 5.15. The Morgan fingerprint density at radius 2 is 2.00 bits per heavy atom. The first-order valence-corrected chi connectivity index (χ1v) is 8.60. The molecule has 0 fully saturated rings. The van der Waals surface area contributed by atoms with E-state index in [2.05, 4.69) is 4.99 Å². The summed E-state index contributed by atoms with van der Waals surface area (Å²) in [5.41, 5.74) is 0.856. The summed E-state index contributed by atoms with van der Waals surface area (Å²) in [6.07, 6.45) is 0.322. The van der Waals surface area contributed by atoms with Gasteiger partial charge in [0.2, 0.25) is 0 Å². The average Bonchev–Trinajstić information content (AvgIpc) is 3.03. The summed E-state index contributed by atoms with van der Waals surface area (Å²) in [7, 11) is 3.01. The lowest BCUT2D eigenvalue weighted by atomic mass is 10.1. The van der Waals surface area contributed by atoms with Crippen LogP contribution in [0.1, 0.15) is 21.5 Å². The second-order valence-electron chi connectivity index (χ2n) is 5.90. The summed E-state index contributed by atoms with van der Waals surface area (Å²) >= 11 is 1.26. The lowest BCUT2D eigenvalue weighted by Gasteiger charge is -2.05. The van der Waals surface area contributed by atoms with Gasteiger partial charge in [-0.25, -0.2) is 9.79 Å². The molecule has 0 unspecified atom stereocenters. The molecule has 7 nitrogen and oxygen atoms in total. The van der Waals surface area contributed by atoms with Crippen LogP contribution in [0.5, 0.6) is 5.75 Å². The van der Waals surface area contributed by atoms with E-state index in [4.69, 9.17) is 0 Å². The van der Waals surface area contributed by atoms with E-state index in [9.17, 15) is 19.5 Å². The predicted octanol–water partition coefficient (Wildman–Crippen LogP) is 1.30. The molecule has 0 amide bonds. The highest BCUT2D eigenvalue weighted by molar-refractivity contribution is 8.14. The minimum Gasteiger partial charge on any atom is -0.508 e. The number of hydrogen-bond acceptors (Lipinski definition) is 6. The minimum atomic E-state index is -0.422. The molecule has 0 spiro atoms. The maximum absolute atomic E-state index is 12.3. The van der Waals surface area contributed by atoms with Crippen molar-refractivity contribution in [3.63, 3.8) is 0 Å². The normalized spacial score (nSPS) is 12.8. The number of phenolic OH excluding ortho intramolecular Hbond substituents is 1. The highest BCUT2D eigenvalue weighted by Crippen LogP contribution is 2.27. The Morgan fingerprint density at radius 3 is 2.68 bits per heavy atom. The van der Waals surface area contributed by atoms with Crippen LogP contribution in [0.2, 0.25) is 0 Å². The maximum atomic E-state index is 12.3. The number of aliphatic imine (C=N–C) groups is 1. The lowest BCUT2D eigenvalue weighted by Crippen LogP contribution is -2.38. The van der Waals surface area contributed by atoms with Gasteiger partial charge in [-0.3, -0.25) is 18.7 Å². The quantitative estimate of drug-likeness (QED) is 0.834. The van der Waals surface area contributed by atoms with Crippen molar-refractivity contribution in [3.05, 3.63) is 55.7 Å². The Kier molecular flexibility index (Phi) is 4.38. The summed E-state index contributed by atoms with van der Waals surface area (Å²) in [4.78, 5) is 40.8. The molecule has 3 rings (SSSR count). The third-order valence-electron chi connectivity index (χ3n) is 4.17. The fourth-order valence-corrected chi connectivity index (χ4v) is 3.52. The number of phenols is 1. The van der Waals surface area contributed by atoms with Crippen LogP contribution < -0.4 is 11.2 Å². The van der Waals surface area contributed by atoms with Crippen LogP contribution in [0, 0.1) is 6.92 Å². The van der Waals surface area contributed by atoms with Crippen LogP contribution in [0.4, 0.5) is 5.82 Å². The van der Waals surface area contributed by atoms with Gasteiger partial charge in [-0.1, -0.05) is 0 Å². The van der Waals surface area contributed by atoms with Gasteiger partial charge in [-0.15, -0.1) is 11.8 Å². The number of aromatic hydroxyl groups is 1. The summed E-state index contributed by atoms with van der Waals surface area (Å²) < 4.78 is 2.40. The van der Waals surface area contributed by atoms with Crippen LogP contribution >= 0.6 is 11.8 Å². The van der Waals surface area contributed by atoms with Crippen molar-refractivity contribution in [2.45, 2.75) is 13.3 Å². The zero-order valence-electron chi connectivity index (χ0n) is 14.1. The summed E-state index contributed by atoms with van der Waals surface area (Å²) in [5, 5.41) is 10.2. The molecule has 0 saturated carbocycles. The van der Waals surface area contributed by atoms with Gasteiger partial charge in [-0.05, 0) is 30.7 Å². The van der Waals surface area contributed by atoms with E-state index in [1.165, 1.54) is 29.4 Å². The van der Waals surface area contributed by atoms with Crippen LogP contribution in [-0.2, 0) is 20.5 Å². The van der Waals surface area contributed by atoms with Gasteiger partial charge in [0.05, 0.1) is 16.4 Å². The first-order chi connectivity index (χ1) is 11.8. The predicted molar refractivity (Wildman–Crippen MR) is 97.4 cm³/mol. The molecule has 2 aromatic rings. The standard InChI is InChI=1S/C17H17N3O4S/c1-9-6-10(4-5-12(9)21)13(22)8-25-14-7-11-15(18-14)19(2)17(24)20(3)16(11)23/h4-6,21H,7-8H2,1-3H3. The van der Waals surface area contributed by atoms with Gasteiger partial charge in [0.25, 0.3) is 5.56 Å². The summed E-state index contributed by atoms with van der Waals surface area (Å²) in [6, 6.07) is 4.72. The van der Waals surface area contributed by atoms with Crippen molar-refractivity contribution in [1.82, 2.24) is 9.13 Å². The molecule has 1 N–H and O–H groups in total. The zero-order valence-corrected chi connectivity index (χ0v) is 14.9. The molecule has 0 saturated heterocycles. The van der Waals surface area contributed by atoms with Gasteiger partial charge in [0, 0.05) is 26.1 Å². The molecule has 1 aromatic heterocycles. The number of fused-ring (bicyclic) bond motifs is 1. The number of carbonyl (C=O) groups is 1. The average molecular weight is 359 g/mol. The Bertz CT molecular complexity index is 1030. The van der Waals surface area contributed by atoms with Gasteiger partial charge < -0.3 is 5.11 Å². The first kappa shape index (κ1) is 17.2.